The Morgan fingerprint density at radius 3 is 1.78 bits per heavy atom. The molecule has 0 radical (unpaired) electrons. The van der Waals surface area contributed by atoms with Gasteiger partial charge in [-0.2, -0.15) is 0 Å². The minimum Gasteiger partial charge on any atom is -0.299 e. The van der Waals surface area contributed by atoms with Crippen molar-refractivity contribution in [3.63, 3.8) is 0 Å². The molecule has 18 heavy (non-hydrogen) atoms. The van der Waals surface area contributed by atoms with Crippen LogP contribution in [0.2, 0.25) is 0 Å². The smallest absolute Gasteiger partial charge is 0.181 e. The summed E-state index contributed by atoms with van der Waals surface area (Å²) in [7, 11) is 0. The first-order valence-corrected chi connectivity index (χ1v) is 5.71. The van der Waals surface area contributed by atoms with Crippen LogP contribution in [0.1, 0.15) is 27.6 Å². The summed E-state index contributed by atoms with van der Waals surface area (Å²) >= 11 is 0. The van der Waals surface area contributed by atoms with E-state index >= 15 is 0 Å². The SMILES string of the molecule is CC(=O)C1C(=O)c2cc3ccccc3cc2C1=O. The van der Waals surface area contributed by atoms with Gasteiger partial charge in [0.1, 0.15) is 11.7 Å². The van der Waals surface area contributed by atoms with Gasteiger partial charge in [0.25, 0.3) is 0 Å². The Morgan fingerprint density at radius 1 is 0.944 bits per heavy atom. The van der Waals surface area contributed by atoms with Crippen LogP contribution in [0.15, 0.2) is 36.4 Å². The highest BCUT2D eigenvalue weighted by Crippen LogP contribution is 2.31. The van der Waals surface area contributed by atoms with Crippen LogP contribution in [0.5, 0.6) is 0 Å². The van der Waals surface area contributed by atoms with E-state index in [0.29, 0.717) is 11.1 Å². The monoisotopic (exact) mass is 238 g/mol. The van der Waals surface area contributed by atoms with E-state index in [1.807, 2.05) is 24.3 Å². The van der Waals surface area contributed by atoms with Crippen LogP contribution < -0.4 is 0 Å². The Morgan fingerprint density at radius 2 is 1.39 bits per heavy atom. The molecule has 0 N–H and O–H groups in total. The number of carbonyl (C=O) groups excluding carboxylic acids is 3. The number of carbonyl (C=O) groups is 3. The van der Waals surface area contributed by atoms with Crippen LogP contribution in [0.3, 0.4) is 0 Å². The lowest BCUT2D eigenvalue weighted by molar-refractivity contribution is -0.118. The third kappa shape index (κ3) is 1.34. The van der Waals surface area contributed by atoms with Crippen molar-refractivity contribution >= 4 is 28.1 Å². The molecule has 2 aromatic carbocycles. The Labute approximate surface area is 103 Å². The van der Waals surface area contributed by atoms with Crippen molar-refractivity contribution in [2.24, 2.45) is 5.92 Å². The number of fused-ring (bicyclic) bond motifs is 2. The quantitative estimate of drug-likeness (QED) is 0.717. The number of hydrogen-bond acceptors (Lipinski definition) is 3. The van der Waals surface area contributed by atoms with E-state index in [-0.39, 0.29) is 17.3 Å². The average Bonchev–Trinajstić information content (AvgIpc) is 2.59. The number of Topliss-reactive ketones (excluding diaryl/α,β-unsaturated/α-hetero) is 3. The number of rotatable bonds is 1. The molecule has 3 rings (SSSR count). The molecule has 0 bridgehead atoms. The highest BCUT2D eigenvalue weighted by Gasteiger charge is 2.41. The summed E-state index contributed by atoms with van der Waals surface area (Å²) in [6.07, 6.45) is 0. The second-order valence-electron chi connectivity index (χ2n) is 4.52. The van der Waals surface area contributed by atoms with Gasteiger partial charge in [-0.15, -0.1) is 0 Å². The lowest BCUT2D eigenvalue weighted by Crippen LogP contribution is -2.22. The summed E-state index contributed by atoms with van der Waals surface area (Å²) in [4.78, 5) is 35.5. The third-order valence-corrected chi connectivity index (χ3v) is 3.35. The molecule has 0 aliphatic heterocycles. The van der Waals surface area contributed by atoms with Gasteiger partial charge < -0.3 is 0 Å². The maximum atomic E-state index is 12.1. The molecule has 0 fully saturated rings. The molecule has 0 heterocycles. The zero-order valence-corrected chi connectivity index (χ0v) is 9.77. The number of ketones is 3. The third-order valence-electron chi connectivity index (χ3n) is 3.35. The minimum absolute atomic E-state index is 0.367. The summed E-state index contributed by atoms with van der Waals surface area (Å²) in [6, 6.07) is 10.9. The highest BCUT2D eigenvalue weighted by molar-refractivity contribution is 6.36. The van der Waals surface area contributed by atoms with Gasteiger partial charge in [0.05, 0.1) is 0 Å². The molecule has 0 saturated heterocycles. The van der Waals surface area contributed by atoms with Crippen LogP contribution in [0, 0.1) is 5.92 Å². The summed E-state index contributed by atoms with van der Waals surface area (Å²) in [5, 5.41) is 1.81. The second kappa shape index (κ2) is 3.60. The standard InChI is InChI=1S/C15H10O3/c1-8(16)13-14(17)11-6-9-4-2-3-5-10(9)7-12(11)15(13)18/h2-7,13H,1H3. The van der Waals surface area contributed by atoms with Gasteiger partial charge in [-0.3, -0.25) is 14.4 Å². The van der Waals surface area contributed by atoms with Crippen molar-refractivity contribution in [2.45, 2.75) is 6.92 Å². The fourth-order valence-electron chi connectivity index (χ4n) is 2.45. The van der Waals surface area contributed by atoms with Gasteiger partial charge in [-0.25, -0.2) is 0 Å². The van der Waals surface area contributed by atoms with E-state index in [9.17, 15) is 14.4 Å². The summed E-state index contributed by atoms with van der Waals surface area (Å²) < 4.78 is 0. The van der Waals surface area contributed by atoms with Crippen molar-refractivity contribution in [1.82, 2.24) is 0 Å². The first-order chi connectivity index (χ1) is 8.59. The van der Waals surface area contributed by atoms with E-state index < -0.39 is 5.92 Å². The van der Waals surface area contributed by atoms with Crippen LogP contribution >= 0.6 is 0 Å². The number of hydrogen-bond donors (Lipinski definition) is 0. The summed E-state index contributed by atoms with van der Waals surface area (Å²) in [5.74, 6) is -2.25. The fraction of sp³-hybridized carbons (Fsp3) is 0.133. The topological polar surface area (TPSA) is 51.2 Å². The van der Waals surface area contributed by atoms with E-state index in [2.05, 4.69) is 0 Å². The van der Waals surface area contributed by atoms with Crippen molar-refractivity contribution in [3.8, 4) is 0 Å². The van der Waals surface area contributed by atoms with Crippen molar-refractivity contribution in [1.29, 1.82) is 0 Å². The van der Waals surface area contributed by atoms with Gasteiger partial charge in [-0.1, -0.05) is 24.3 Å². The van der Waals surface area contributed by atoms with Gasteiger partial charge in [-0.05, 0) is 29.8 Å². The first kappa shape index (κ1) is 10.8. The van der Waals surface area contributed by atoms with E-state index in [1.54, 1.807) is 12.1 Å². The Balaban J connectivity index is 2.29. The number of benzene rings is 2. The molecule has 3 nitrogen and oxygen atoms in total. The molecule has 1 aliphatic carbocycles. The first-order valence-electron chi connectivity index (χ1n) is 5.71. The van der Waals surface area contributed by atoms with Crippen molar-refractivity contribution in [2.75, 3.05) is 0 Å². The fourth-order valence-corrected chi connectivity index (χ4v) is 2.45. The van der Waals surface area contributed by atoms with Gasteiger partial charge in [0, 0.05) is 11.1 Å². The van der Waals surface area contributed by atoms with E-state index in [1.165, 1.54) is 6.92 Å². The van der Waals surface area contributed by atoms with Crippen LogP contribution in [-0.4, -0.2) is 17.3 Å². The molecule has 1 aliphatic rings. The van der Waals surface area contributed by atoms with Crippen molar-refractivity contribution < 1.29 is 14.4 Å². The van der Waals surface area contributed by atoms with Crippen LogP contribution in [0.25, 0.3) is 10.8 Å². The molecular weight excluding hydrogens is 228 g/mol. The maximum Gasteiger partial charge on any atom is 0.181 e. The van der Waals surface area contributed by atoms with Gasteiger partial charge in [0.2, 0.25) is 0 Å². The van der Waals surface area contributed by atoms with Gasteiger partial charge >= 0.3 is 0 Å². The molecule has 88 valence electrons. The normalized spacial score (nSPS) is 15.2. The highest BCUT2D eigenvalue weighted by atomic mass is 16.2. The molecule has 0 amide bonds. The Bertz CT molecular complexity index is 658. The Hall–Kier alpha value is -2.29. The van der Waals surface area contributed by atoms with E-state index in [4.69, 9.17) is 0 Å². The second-order valence-corrected chi connectivity index (χ2v) is 4.52. The molecule has 0 aromatic heterocycles. The molecule has 0 atom stereocenters. The predicted molar refractivity (Wildman–Crippen MR) is 66.8 cm³/mol. The summed E-state index contributed by atoms with van der Waals surface area (Å²) in [6.45, 7) is 1.28. The van der Waals surface area contributed by atoms with Crippen LogP contribution in [0.4, 0.5) is 0 Å². The summed E-state index contributed by atoms with van der Waals surface area (Å²) in [5.41, 5.74) is 0.748. The van der Waals surface area contributed by atoms with E-state index in [0.717, 1.165) is 10.8 Å². The van der Waals surface area contributed by atoms with Crippen molar-refractivity contribution in [3.05, 3.63) is 47.5 Å². The molecular formula is C15H10O3. The average molecular weight is 238 g/mol. The largest absolute Gasteiger partial charge is 0.299 e. The molecule has 2 aromatic rings. The molecule has 0 saturated carbocycles. The lowest BCUT2D eigenvalue weighted by Gasteiger charge is -2.00. The zero-order chi connectivity index (χ0) is 12.9. The van der Waals surface area contributed by atoms with Crippen LogP contribution in [-0.2, 0) is 4.79 Å². The Kier molecular flexibility index (Phi) is 2.17. The van der Waals surface area contributed by atoms with Gasteiger partial charge in [0.15, 0.2) is 11.6 Å². The maximum absolute atomic E-state index is 12.1. The predicted octanol–water partition coefficient (Wildman–Crippen LogP) is 2.42. The minimum atomic E-state index is -1.13. The lowest BCUT2D eigenvalue weighted by atomic mass is 10.00. The molecule has 0 unspecified atom stereocenters. The zero-order valence-electron chi connectivity index (χ0n) is 9.77. The molecule has 0 spiro atoms. The molecule has 3 heteroatoms.